The van der Waals surface area contributed by atoms with Gasteiger partial charge in [0.2, 0.25) is 0 Å². The molecule has 1 aliphatic carbocycles. The highest BCUT2D eigenvalue weighted by atomic mass is 16.8. The topological polar surface area (TPSA) is 76.0 Å². The van der Waals surface area contributed by atoms with Crippen LogP contribution in [0.25, 0.3) is 0 Å². The van der Waals surface area contributed by atoms with Gasteiger partial charge in [-0.15, -0.1) is 0 Å². The van der Waals surface area contributed by atoms with Crippen molar-refractivity contribution in [3.05, 3.63) is 23.3 Å². The first-order valence-electron chi connectivity index (χ1n) is 9.19. The van der Waals surface area contributed by atoms with Crippen LogP contribution in [0.5, 0.6) is 0 Å². The van der Waals surface area contributed by atoms with Crippen molar-refractivity contribution < 1.29 is 24.5 Å². The third kappa shape index (κ3) is 3.88. The first kappa shape index (κ1) is 20.7. The minimum absolute atomic E-state index is 0.0261. The Bertz CT molecular complexity index is 681. The van der Waals surface area contributed by atoms with Gasteiger partial charge in [0.15, 0.2) is 11.4 Å². The summed E-state index contributed by atoms with van der Waals surface area (Å²) in [6.07, 6.45) is 4.69. The lowest BCUT2D eigenvalue weighted by Crippen LogP contribution is -2.53. The molecule has 26 heavy (non-hydrogen) atoms. The molecule has 2 N–H and O–H groups in total. The molecule has 1 heterocycles. The first-order chi connectivity index (χ1) is 11.9. The molecule has 3 unspecified atom stereocenters. The molecule has 1 saturated heterocycles. The zero-order valence-corrected chi connectivity index (χ0v) is 16.5. The molecule has 5 heteroatoms. The Kier molecular flexibility index (Phi) is 5.72. The summed E-state index contributed by atoms with van der Waals surface area (Å²) in [5.74, 6) is 3.98. The summed E-state index contributed by atoms with van der Waals surface area (Å²) in [6.45, 7) is 11.6. The molecule has 1 spiro atoms. The smallest absolute Gasteiger partial charge is 0.329 e. The number of allylic oxidation sites excluding steroid dienone is 1. The highest BCUT2D eigenvalue weighted by Crippen LogP contribution is 2.51. The fourth-order valence-corrected chi connectivity index (χ4v) is 3.79. The molecule has 5 nitrogen and oxygen atoms in total. The second-order valence-electron chi connectivity index (χ2n) is 8.06. The number of carbonyl (C=O) groups is 1. The Labute approximate surface area is 156 Å². The van der Waals surface area contributed by atoms with Gasteiger partial charge in [0, 0.05) is 23.5 Å². The number of hydrogen-bond acceptors (Lipinski definition) is 4. The second kappa shape index (κ2) is 7.19. The van der Waals surface area contributed by atoms with Crippen molar-refractivity contribution >= 4 is 5.97 Å². The van der Waals surface area contributed by atoms with Crippen molar-refractivity contribution in [2.45, 2.75) is 84.4 Å². The fourth-order valence-electron chi connectivity index (χ4n) is 3.79. The van der Waals surface area contributed by atoms with E-state index in [1.807, 2.05) is 47.6 Å². The predicted octanol–water partition coefficient (Wildman–Crippen LogP) is 3.43. The van der Waals surface area contributed by atoms with Gasteiger partial charge in [-0.3, -0.25) is 0 Å². The van der Waals surface area contributed by atoms with Crippen molar-refractivity contribution in [3.8, 4) is 11.8 Å². The largest absolute Gasteiger partial charge is 0.478 e. The highest BCUT2D eigenvalue weighted by Gasteiger charge is 2.56. The lowest BCUT2D eigenvalue weighted by atomic mass is 9.63. The summed E-state index contributed by atoms with van der Waals surface area (Å²) in [5.41, 5.74) is -0.851. The zero-order valence-electron chi connectivity index (χ0n) is 16.5. The van der Waals surface area contributed by atoms with Gasteiger partial charge in [0.25, 0.3) is 0 Å². The summed E-state index contributed by atoms with van der Waals surface area (Å²) < 4.78 is 12.1. The number of hydrogen-bond donors (Lipinski definition) is 2. The van der Waals surface area contributed by atoms with E-state index >= 15 is 0 Å². The summed E-state index contributed by atoms with van der Waals surface area (Å²) in [6, 6.07) is 0. The summed E-state index contributed by atoms with van der Waals surface area (Å²) in [4.78, 5) is 11.0. The van der Waals surface area contributed by atoms with Crippen LogP contribution in [0.4, 0.5) is 0 Å². The van der Waals surface area contributed by atoms with E-state index in [0.717, 1.165) is 12.5 Å². The lowest BCUT2D eigenvalue weighted by molar-refractivity contribution is -0.182. The van der Waals surface area contributed by atoms with E-state index in [1.54, 1.807) is 0 Å². The number of aliphatic carboxylic acids is 1. The lowest BCUT2D eigenvalue weighted by Gasteiger charge is -2.48. The molecule has 1 fully saturated rings. The minimum Gasteiger partial charge on any atom is -0.478 e. The molecule has 0 aromatic rings. The molecule has 0 aromatic carbocycles. The van der Waals surface area contributed by atoms with Gasteiger partial charge in [-0.2, -0.15) is 0 Å². The highest BCUT2D eigenvalue weighted by molar-refractivity contribution is 5.81. The van der Waals surface area contributed by atoms with Crippen LogP contribution in [-0.2, 0) is 14.3 Å². The van der Waals surface area contributed by atoms with Crippen molar-refractivity contribution in [2.75, 3.05) is 0 Å². The molecule has 0 saturated carbocycles. The van der Waals surface area contributed by atoms with E-state index in [4.69, 9.17) is 14.6 Å². The van der Waals surface area contributed by atoms with E-state index in [0.29, 0.717) is 24.0 Å². The Morgan fingerprint density at radius 1 is 1.35 bits per heavy atom. The van der Waals surface area contributed by atoms with E-state index in [2.05, 4.69) is 11.8 Å². The standard InChI is InChI=1S/C21H30O5/c1-7-8-17(11-18(22)23)9-10-21(24)14(2)12-20(13-19(21,5)6)25-15(3)16(4)26-20/h11-12,15-16,24H,7-8,13H2,1-6H3,(H,22,23)/b17-11-. The third-order valence-electron chi connectivity index (χ3n) is 5.33. The van der Waals surface area contributed by atoms with Crippen LogP contribution in [0.2, 0.25) is 0 Å². The Morgan fingerprint density at radius 2 is 1.92 bits per heavy atom. The van der Waals surface area contributed by atoms with Crippen molar-refractivity contribution in [3.63, 3.8) is 0 Å². The molecule has 1 aliphatic heterocycles. The van der Waals surface area contributed by atoms with Crippen LogP contribution in [-0.4, -0.2) is 39.8 Å². The van der Waals surface area contributed by atoms with E-state index in [1.165, 1.54) is 0 Å². The molecule has 2 aliphatic rings. The first-order valence-corrected chi connectivity index (χ1v) is 9.19. The quantitative estimate of drug-likeness (QED) is 0.457. The van der Waals surface area contributed by atoms with E-state index in [-0.39, 0.29) is 12.2 Å². The summed E-state index contributed by atoms with van der Waals surface area (Å²) in [5, 5.41) is 20.4. The maximum absolute atomic E-state index is 11.4. The molecule has 0 bridgehead atoms. The Hall–Kier alpha value is -1.61. The summed E-state index contributed by atoms with van der Waals surface area (Å²) >= 11 is 0. The van der Waals surface area contributed by atoms with Crippen LogP contribution >= 0.6 is 0 Å². The molecule has 144 valence electrons. The number of aliphatic hydroxyl groups is 1. The van der Waals surface area contributed by atoms with Crippen LogP contribution in [0.3, 0.4) is 0 Å². The van der Waals surface area contributed by atoms with Crippen LogP contribution in [0.15, 0.2) is 23.3 Å². The monoisotopic (exact) mass is 362 g/mol. The maximum atomic E-state index is 11.4. The van der Waals surface area contributed by atoms with E-state index in [9.17, 15) is 9.90 Å². The molecule has 0 aromatic heterocycles. The average molecular weight is 362 g/mol. The normalized spacial score (nSPS) is 36.4. The van der Waals surface area contributed by atoms with Crippen LogP contribution in [0, 0.1) is 17.3 Å². The maximum Gasteiger partial charge on any atom is 0.329 e. The molecular formula is C21H30O5. The number of ether oxygens (including phenoxy) is 2. The molecular weight excluding hydrogens is 332 g/mol. The summed E-state index contributed by atoms with van der Waals surface area (Å²) in [7, 11) is 0. The van der Waals surface area contributed by atoms with Gasteiger partial charge >= 0.3 is 5.97 Å². The van der Waals surface area contributed by atoms with Gasteiger partial charge in [-0.1, -0.05) is 39.0 Å². The van der Waals surface area contributed by atoms with Crippen molar-refractivity contribution in [1.82, 2.24) is 0 Å². The van der Waals surface area contributed by atoms with Gasteiger partial charge in [0.1, 0.15) is 0 Å². The number of carboxylic acids is 1. The minimum atomic E-state index is -1.38. The van der Waals surface area contributed by atoms with Crippen LogP contribution in [0.1, 0.15) is 60.8 Å². The van der Waals surface area contributed by atoms with Gasteiger partial charge in [0.05, 0.1) is 12.2 Å². The predicted molar refractivity (Wildman–Crippen MR) is 99.3 cm³/mol. The third-order valence-corrected chi connectivity index (χ3v) is 5.33. The Morgan fingerprint density at radius 3 is 2.38 bits per heavy atom. The molecule has 0 amide bonds. The molecule has 2 rings (SSSR count). The Balaban J connectivity index is 2.43. The van der Waals surface area contributed by atoms with Gasteiger partial charge in [-0.05, 0) is 38.8 Å². The average Bonchev–Trinajstić information content (AvgIpc) is 2.75. The van der Waals surface area contributed by atoms with Gasteiger partial charge < -0.3 is 19.7 Å². The fraction of sp³-hybridized carbons (Fsp3) is 0.667. The van der Waals surface area contributed by atoms with Crippen LogP contribution < -0.4 is 0 Å². The van der Waals surface area contributed by atoms with E-state index < -0.39 is 22.8 Å². The molecule has 3 atom stereocenters. The number of carboxylic acid groups (broad SMARTS) is 1. The SMILES string of the molecule is CCC/C(C#CC1(O)C(C)=CC2(CC1(C)C)OC(C)C(C)O2)=C/C(=O)O. The van der Waals surface area contributed by atoms with Gasteiger partial charge in [-0.25, -0.2) is 4.79 Å². The zero-order chi connectivity index (χ0) is 19.8. The number of rotatable bonds is 3. The van der Waals surface area contributed by atoms with Crippen molar-refractivity contribution in [1.29, 1.82) is 0 Å². The van der Waals surface area contributed by atoms with Crippen molar-refractivity contribution in [2.24, 2.45) is 5.41 Å². The molecule has 0 radical (unpaired) electrons. The second-order valence-corrected chi connectivity index (χ2v) is 8.06.